The lowest BCUT2D eigenvalue weighted by molar-refractivity contribution is 0.366. The van der Waals surface area contributed by atoms with Gasteiger partial charge in [-0.3, -0.25) is 0 Å². The summed E-state index contributed by atoms with van der Waals surface area (Å²) in [6, 6.07) is 37.3. The molecule has 3 heterocycles. The first kappa shape index (κ1) is 26.0. The summed E-state index contributed by atoms with van der Waals surface area (Å²) >= 11 is 0. The molecule has 0 saturated carbocycles. The molecule has 5 aromatic carbocycles. The van der Waals surface area contributed by atoms with Crippen molar-refractivity contribution in [2.75, 3.05) is 6.61 Å². The highest BCUT2D eigenvalue weighted by Gasteiger charge is 2.43. The Kier molecular flexibility index (Phi) is 5.16. The molecule has 0 bridgehead atoms. The maximum atomic E-state index is 6.58. The quantitative estimate of drug-likeness (QED) is 0.199. The summed E-state index contributed by atoms with van der Waals surface area (Å²) in [5, 5.41) is 4.95. The summed E-state index contributed by atoms with van der Waals surface area (Å²) in [6.45, 7) is 7.69. The zero-order chi connectivity index (χ0) is 30.7. The average molecular weight is 596 g/mol. The van der Waals surface area contributed by atoms with Crippen molar-refractivity contribution in [3.63, 3.8) is 0 Å². The number of para-hydroxylation sites is 3. The van der Waals surface area contributed by atoms with Crippen molar-refractivity contribution in [2.24, 2.45) is 5.92 Å². The van der Waals surface area contributed by atoms with Gasteiger partial charge in [0.05, 0.1) is 6.04 Å². The van der Waals surface area contributed by atoms with Crippen LogP contribution in [0, 0.1) is 5.92 Å². The van der Waals surface area contributed by atoms with Crippen molar-refractivity contribution in [2.45, 2.75) is 32.2 Å². The molecule has 7 aromatic rings. The molecule has 0 N–H and O–H groups in total. The molecule has 0 saturated heterocycles. The van der Waals surface area contributed by atoms with E-state index in [4.69, 9.17) is 9.15 Å². The zero-order valence-electron chi connectivity index (χ0n) is 26.2. The first-order valence-electron chi connectivity index (χ1n) is 16.3. The number of aromatic nitrogens is 1. The van der Waals surface area contributed by atoms with Gasteiger partial charge in [-0.25, -0.2) is 0 Å². The van der Waals surface area contributed by atoms with Gasteiger partial charge in [0, 0.05) is 49.1 Å². The van der Waals surface area contributed by atoms with Crippen molar-refractivity contribution >= 4 is 61.0 Å². The second-order valence-electron chi connectivity index (χ2n) is 13.7. The van der Waals surface area contributed by atoms with Gasteiger partial charge in [-0.05, 0) is 70.2 Å². The van der Waals surface area contributed by atoms with E-state index in [1.807, 2.05) is 12.1 Å². The molecule has 0 radical (unpaired) electrons. The fraction of sp³-hybridized carbons (Fsp3) is 0.163. The summed E-state index contributed by atoms with van der Waals surface area (Å²) in [4.78, 5) is 0. The molecule has 2 aromatic heterocycles. The average Bonchev–Trinajstić information content (AvgIpc) is 3.69. The molecule has 0 fully saturated rings. The van der Waals surface area contributed by atoms with E-state index >= 15 is 0 Å². The number of allylic oxidation sites excluding steroid dienone is 4. The first-order chi connectivity index (χ1) is 22.5. The van der Waals surface area contributed by atoms with Gasteiger partial charge in [0.1, 0.15) is 23.5 Å². The van der Waals surface area contributed by atoms with Crippen LogP contribution in [-0.4, -0.2) is 11.2 Å². The summed E-state index contributed by atoms with van der Waals surface area (Å²) in [7, 11) is 0. The molecular formula is C43H33NO2. The molecule has 3 heteroatoms. The molecule has 222 valence electrons. The van der Waals surface area contributed by atoms with Crippen molar-refractivity contribution in [3.05, 3.63) is 143 Å². The molecule has 2 aliphatic carbocycles. The van der Waals surface area contributed by atoms with Crippen LogP contribution in [0.1, 0.15) is 49.1 Å². The molecular weight excluding hydrogens is 562 g/mol. The minimum atomic E-state index is -0.137. The standard InChI is InChI=1S/C43H33NO2/c1-25-20-33-35(43(2,3)34-18-17-31-30-12-6-9-15-40(30)46-42(31)41(33)34)23-38(25)44-36-13-7-5-11-29(36)32-22-26(16-19-37(32)44)28-21-27-10-4-8-14-39(27)45-24-28/h4-23,25,38H,24H2,1-3H3. The number of hydrogen-bond acceptors (Lipinski definition) is 2. The van der Waals surface area contributed by atoms with E-state index in [0.29, 0.717) is 6.61 Å². The van der Waals surface area contributed by atoms with E-state index in [1.54, 1.807) is 0 Å². The summed E-state index contributed by atoms with van der Waals surface area (Å²) in [5.41, 5.74) is 13.3. The Balaban J connectivity index is 1.14. The summed E-state index contributed by atoms with van der Waals surface area (Å²) in [6.07, 6.45) is 7.34. The zero-order valence-corrected chi connectivity index (χ0v) is 26.2. The topological polar surface area (TPSA) is 27.3 Å². The van der Waals surface area contributed by atoms with Crippen LogP contribution in [-0.2, 0) is 5.41 Å². The Morgan fingerprint density at radius 2 is 1.52 bits per heavy atom. The molecule has 3 aliphatic rings. The minimum absolute atomic E-state index is 0.137. The second kappa shape index (κ2) is 9.14. The highest BCUT2D eigenvalue weighted by atomic mass is 16.5. The Morgan fingerprint density at radius 3 is 2.43 bits per heavy atom. The molecule has 2 atom stereocenters. The lowest BCUT2D eigenvalue weighted by Gasteiger charge is -2.31. The third-order valence-corrected chi connectivity index (χ3v) is 10.8. The fourth-order valence-electron chi connectivity index (χ4n) is 8.47. The molecule has 2 unspecified atom stereocenters. The molecule has 0 amide bonds. The Labute approximate surface area is 267 Å². The van der Waals surface area contributed by atoms with Crippen molar-refractivity contribution in [1.82, 2.24) is 4.57 Å². The smallest absolute Gasteiger partial charge is 0.143 e. The number of furan rings is 1. The minimum Gasteiger partial charge on any atom is -0.488 e. The van der Waals surface area contributed by atoms with Gasteiger partial charge in [0.2, 0.25) is 0 Å². The van der Waals surface area contributed by atoms with Crippen LogP contribution in [0.2, 0.25) is 0 Å². The SMILES string of the molecule is CC1C=C2C(=CC1n1c3ccccc3c3cc(C4=Cc5ccccc5OC4)ccc31)C(C)(C)c1ccc3c(oc4ccccc43)c12. The highest BCUT2D eigenvalue weighted by Crippen LogP contribution is 2.56. The molecule has 0 spiro atoms. The molecule has 46 heavy (non-hydrogen) atoms. The Bertz CT molecular complexity index is 2530. The van der Waals surface area contributed by atoms with Gasteiger partial charge in [-0.15, -0.1) is 0 Å². The van der Waals surface area contributed by atoms with Crippen LogP contribution in [0.15, 0.2) is 125 Å². The van der Waals surface area contributed by atoms with Gasteiger partial charge in [0.15, 0.2) is 0 Å². The highest BCUT2D eigenvalue weighted by molar-refractivity contribution is 6.12. The van der Waals surface area contributed by atoms with E-state index in [0.717, 1.165) is 22.5 Å². The lowest BCUT2D eigenvalue weighted by atomic mass is 9.78. The molecule has 1 aliphatic heterocycles. The maximum absolute atomic E-state index is 6.58. The number of benzene rings is 5. The summed E-state index contributed by atoms with van der Waals surface area (Å²) < 4.78 is 15.3. The van der Waals surface area contributed by atoms with E-state index in [9.17, 15) is 0 Å². The summed E-state index contributed by atoms with van der Waals surface area (Å²) in [5.74, 6) is 1.23. The van der Waals surface area contributed by atoms with Gasteiger partial charge < -0.3 is 13.7 Å². The predicted molar refractivity (Wildman–Crippen MR) is 190 cm³/mol. The number of fused-ring (bicyclic) bond motifs is 11. The largest absolute Gasteiger partial charge is 0.488 e. The van der Waals surface area contributed by atoms with Crippen molar-refractivity contribution in [1.29, 1.82) is 0 Å². The Hall–Kier alpha value is -5.28. The number of nitrogens with zero attached hydrogens (tertiary/aromatic N) is 1. The number of rotatable bonds is 2. The second-order valence-corrected chi connectivity index (χ2v) is 13.7. The van der Waals surface area contributed by atoms with Gasteiger partial charge in [-0.2, -0.15) is 0 Å². The van der Waals surface area contributed by atoms with E-state index in [2.05, 4.69) is 135 Å². The fourth-order valence-corrected chi connectivity index (χ4v) is 8.47. The van der Waals surface area contributed by atoms with Crippen LogP contribution < -0.4 is 4.74 Å². The van der Waals surface area contributed by atoms with Crippen LogP contribution >= 0.6 is 0 Å². The third kappa shape index (κ3) is 3.43. The molecule has 10 rings (SSSR count). The monoisotopic (exact) mass is 595 g/mol. The van der Waals surface area contributed by atoms with Gasteiger partial charge >= 0.3 is 0 Å². The van der Waals surface area contributed by atoms with Gasteiger partial charge in [0.25, 0.3) is 0 Å². The van der Waals surface area contributed by atoms with Crippen molar-refractivity contribution in [3.8, 4) is 5.75 Å². The Morgan fingerprint density at radius 1 is 0.739 bits per heavy atom. The molecule has 3 nitrogen and oxygen atoms in total. The predicted octanol–water partition coefficient (Wildman–Crippen LogP) is 11.1. The normalized spacial score (nSPS) is 19.8. The number of ether oxygens (including phenoxy) is 1. The van der Waals surface area contributed by atoms with Crippen LogP contribution in [0.25, 0.3) is 61.0 Å². The van der Waals surface area contributed by atoms with E-state index in [1.165, 1.54) is 66.0 Å². The van der Waals surface area contributed by atoms with Gasteiger partial charge in [-0.1, -0.05) is 106 Å². The third-order valence-electron chi connectivity index (χ3n) is 10.8. The van der Waals surface area contributed by atoms with E-state index < -0.39 is 0 Å². The maximum Gasteiger partial charge on any atom is 0.143 e. The number of hydrogen-bond donors (Lipinski definition) is 0. The van der Waals surface area contributed by atoms with Crippen LogP contribution in [0.4, 0.5) is 0 Å². The van der Waals surface area contributed by atoms with Crippen molar-refractivity contribution < 1.29 is 9.15 Å². The lowest BCUT2D eigenvalue weighted by Crippen LogP contribution is -2.22. The first-order valence-corrected chi connectivity index (χ1v) is 16.3. The van der Waals surface area contributed by atoms with Crippen LogP contribution in [0.5, 0.6) is 5.75 Å². The van der Waals surface area contributed by atoms with Crippen LogP contribution in [0.3, 0.4) is 0 Å². The van der Waals surface area contributed by atoms with E-state index in [-0.39, 0.29) is 17.4 Å².